The van der Waals surface area contributed by atoms with Crippen molar-refractivity contribution in [1.29, 1.82) is 5.26 Å². The van der Waals surface area contributed by atoms with Gasteiger partial charge in [-0.25, -0.2) is 8.42 Å². The van der Waals surface area contributed by atoms with E-state index in [0.717, 1.165) is 0 Å². The van der Waals surface area contributed by atoms with Crippen LogP contribution in [0.2, 0.25) is 0 Å². The summed E-state index contributed by atoms with van der Waals surface area (Å²) in [7, 11) is -3.66. The van der Waals surface area contributed by atoms with Crippen LogP contribution in [-0.2, 0) is 10.0 Å². The van der Waals surface area contributed by atoms with Gasteiger partial charge in [0.2, 0.25) is 0 Å². The second kappa shape index (κ2) is 5.10. The third-order valence-corrected chi connectivity index (χ3v) is 4.92. The summed E-state index contributed by atoms with van der Waals surface area (Å²) in [5.74, 6) is 0. The maximum absolute atomic E-state index is 12.1. The molecule has 0 aliphatic rings. The highest BCUT2D eigenvalue weighted by Gasteiger charge is 2.16. The first-order valence-corrected chi connectivity index (χ1v) is 7.94. The maximum Gasteiger partial charge on any atom is 0.262 e. The van der Waals surface area contributed by atoms with Crippen molar-refractivity contribution in [2.45, 2.75) is 4.90 Å². The van der Waals surface area contributed by atoms with Crippen LogP contribution in [0.3, 0.4) is 0 Å². The Balaban J connectivity index is 2.37. The molecule has 0 aliphatic heterocycles. The Hall–Kier alpha value is -1.36. The standard InChI is InChI=1S/C11H7BrN2O2S2/c12-9-2-1-3-10(6-9)18(15,16)14-11-8(7-13)4-5-17-11/h1-6,14H. The van der Waals surface area contributed by atoms with E-state index in [1.807, 2.05) is 6.07 Å². The number of hydrogen-bond donors (Lipinski definition) is 1. The Morgan fingerprint density at radius 2 is 2.11 bits per heavy atom. The molecule has 18 heavy (non-hydrogen) atoms. The number of rotatable bonds is 3. The fourth-order valence-corrected chi connectivity index (χ4v) is 3.96. The highest BCUT2D eigenvalue weighted by Crippen LogP contribution is 2.26. The third kappa shape index (κ3) is 2.72. The normalized spacial score (nSPS) is 10.9. The molecule has 0 aliphatic carbocycles. The summed E-state index contributed by atoms with van der Waals surface area (Å²) in [5, 5.41) is 10.8. The van der Waals surface area contributed by atoms with Gasteiger partial charge in [-0.1, -0.05) is 22.0 Å². The summed E-state index contributed by atoms with van der Waals surface area (Å²) < 4.78 is 27.3. The van der Waals surface area contributed by atoms with Gasteiger partial charge in [0.05, 0.1) is 10.5 Å². The first kappa shape index (κ1) is 13.1. The molecule has 0 unspecified atom stereocenters. The van der Waals surface area contributed by atoms with E-state index < -0.39 is 10.0 Å². The molecule has 1 N–H and O–H groups in total. The molecular formula is C11H7BrN2O2S2. The van der Waals surface area contributed by atoms with Crippen LogP contribution in [0.4, 0.5) is 5.00 Å². The molecule has 2 aromatic rings. The fourth-order valence-electron chi connectivity index (χ4n) is 1.29. The molecule has 2 rings (SSSR count). The van der Waals surface area contributed by atoms with E-state index in [0.29, 0.717) is 15.0 Å². The molecule has 1 heterocycles. The number of halogens is 1. The first-order valence-electron chi connectivity index (χ1n) is 4.79. The molecule has 7 heteroatoms. The van der Waals surface area contributed by atoms with E-state index in [4.69, 9.17) is 5.26 Å². The lowest BCUT2D eigenvalue weighted by Crippen LogP contribution is -2.12. The van der Waals surface area contributed by atoms with Crippen LogP contribution in [0, 0.1) is 11.3 Å². The summed E-state index contributed by atoms with van der Waals surface area (Å²) in [6.45, 7) is 0. The van der Waals surface area contributed by atoms with Crippen molar-refractivity contribution in [2.75, 3.05) is 4.72 Å². The van der Waals surface area contributed by atoms with Gasteiger partial charge < -0.3 is 0 Å². The number of sulfonamides is 1. The lowest BCUT2D eigenvalue weighted by atomic mass is 10.4. The third-order valence-electron chi connectivity index (χ3n) is 2.12. The van der Waals surface area contributed by atoms with Crippen LogP contribution < -0.4 is 4.72 Å². The van der Waals surface area contributed by atoms with Crippen molar-refractivity contribution in [2.24, 2.45) is 0 Å². The average molecular weight is 343 g/mol. The van der Waals surface area contributed by atoms with Crippen LogP contribution >= 0.6 is 27.3 Å². The molecule has 0 amide bonds. The molecule has 0 spiro atoms. The van der Waals surface area contributed by atoms with Gasteiger partial charge in [0.25, 0.3) is 10.0 Å². The van der Waals surface area contributed by atoms with Crippen molar-refractivity contribution >= 4 is 42.3 Å². The average Bonchev–Trinajstić information content (AvgIpc) is 2.75. The van der Waals surface area contributed by atoms with Gasteiger partial charge in [-0.3, -0.25) is 4.72 Å². The Morgan fingerprint density at radius 3 is 2.78 bits per heavy atom. The predicted molar refractivity (Wildman–Crippen MR) is 74.0 cm³/mol. The zero-order chi connectivity index (χ0) is 13.2. The Bertz CT molecular complexity index is 717. The summed E-state index contributed by atoms with van der Waals surface area (Å²) in [6.07, 6.45) is 0. The van der Waals surface area contributed by atoms with E-state index in [9.17, 15) is 8.42 Å². The molecule has 0 saturated carbocycles. The highest BCUT2D eigenvalue weighted by molar-refractivity contribution is 9.10. The van der Waals surface area contributed by atoms with Crippen molar-refractivity contribution in [3.05, 3.63) is 45.7 Å². The maximum atomic E-state index is 12.1. The molecule has 92 valence electrons. The summed E-state index contributed by atoms with van der Waals surface area (Å²) in [5.41, 5.74) is 0.318. The number of nitrogens with zero attached hydrogens (tertiary/aromatic N) is 1. The number of nitrogens with one attached hydrogen (secondary N) is 1. The van der Waals surface area contributed by atoms with E-state index >= 15 is 0 Å². The predicted octanol–water partition coefficient (Wildman–Crippen LogP) is 3.18. The van der Waals surface area contributed by atoms with E-state index in [-0.39, 0.29) is 4.90 Å². The zero-order valence-electron chi connectivity index (χ0n) is 8.92. The van der Waals surface area contributed by atoms with Crippen LogP contribution in [-0.4, -0.2) is 8.42 Å². The van der Waals surface area contributed by atoms with Gasteiger partial charge in [-0.15, -0.1) is 11.3 Å². The zero-order valence-corrected chi connectivity index (χ0v) is 12.1. The van der Waals surface area contributed by atoms with Crippen LogP contribution in [0.1, 0.15) is 5.56 Å². The molecule has 1 aromatic heterocycles. The summed E-state index contributed by atoms with van der Waals surface area (Å²) in [4.78, 5) is 0.147. The van der Waals surface area contributed by atoms with Crippen LogP contribution in [0.15, 0.2) is 45.1 Å². The number of nitriles is 1. The summed E-state index contributed by atoms with van der Waals surface area (Å²) >= 11 is 4.39. The Labute approximate surface area is 117 Å². The van der Waals surface area contributed by atoms with Crippen molar-refractivity contribution in [1.82, 2.24) is 0 Å². The lowest BCUT2D eigenvalue weighted by molar-refractivity contribution is 0.601. The second-order valence-corrected chi connectivity index (χ2v) is 6.85. The Morgan fingerprint density at radius 1 is 1.33 bits per heavy atom. The number of anilines is 1. The highest BCUT2D eigenvalue weighted by atomic mass is 79.9. The van der Waals surface area contributed by atoms with E-state index in [1.165, 1.54) is 23.5 Å². The number of thiophene rings is 1. The molecular weight excluding hydrogens is 336 g/mol. The van der Waals surface area contributed by atoms with Gasteiger partial charge in [0.15, 0.2) is 0 Å². The van der Waals surface area contributed by atoms with Gasteiger partial charge in [-0.2, -0.15) is 5.26 Å². The van der Waals surface area contributed by atoms with Gasteiger partial charge >= 0.3 is 0 Å². The van der Waals surface area contributed by atoms with Gasteiger partial charge in [0, 0.05) is 4.47 Å². The van der Waals surface area contributed by atoms with Gasteiger partial charge in [-0.05, 0) is 29.6 Å². The first-order chi connectivity index (χ1) is 8.53. The quantitative estimate of drug-likeness (QED) is 0.931. The second-order valence-electron chi connectivity index (χ2n) is 3.34. The number of hydrogen-bond acceptors (Lipinski definition) is 4. The lowest BCUT2D eigenvalue weighted by Gasteiger charge is -2.06. The molecule has 0 bridgehead atoms. The smallest absolute Gasteiger partial charge is 0.262 e. The monoisotopic (exact) mass is 342 g/mol. The van der Waals surface area contributed by atoms with E-state index in [1.54, 1.807) is 23.6 Å². The fraction of sp³-hybridized carbons (Fsp3) is 0. The minimum Gasteiger partial charge on any atom is -0.269 e. The van der Waals surface area contributed by atoms with Crippen LogP contribution in [0.5, 0.6) is 0 Å². The van der Waals surface area contributed by atoms with E-state index in [2.05, 4.69) is 20.7 Å². The minimum atomic E-state index is -3.66. The van der Waals surface area contributed by atoms with Crippen LogP contribution in [0.25, 0.3) is 0 Å². The van der Waals surface area contributed by atoms with Crippen molar-refractivity contribution < 1.29 is 8.42 Å². The summed E-state index contributed by atoms with van der Waals surface area (Å²) in [6, 6.07) is 9.88. The minimum absolute atomic E-state index is 0.147. The molecule has 0 saturated heterocycles. The number of benzene rings is 1. The van der Waals surface area contributed by atoms with Crippen molar-refractivity contribution in [3.63, 3.8) is 0 Å². The topological polar surface area (TPSA) is 70.0 Å². The SMILES string of the molecule is N#Cc1ccsc1NS(=O)(=O)c1cccc(Br)c1. The molecule has 0 radical (unpaired) electrons. The molecule has 0 fully saturated rings. The largest absolute Gasteiger partial charge is 0.269 e. The van der Waals surface area contributed by atoms with Gasteiger partial charge in [0.1, 0.15) is 11.1 Å². The molecule has 4 nitrogen and oxygen atoms in total. The Kier molecular flexibility index (Phi) is 3.71. The van der Waals surface area contributed by atoms with Crippen molar-refractivity contribution in [3.8, 4) is 6.07 Å². The molecule has 0 atom stereocenters. The molecule has 1 aromatic carbocycles.